The van der Waals surface area contributed by atoms with Crippen LogP contribution in [-0.2, 0) is 7.74 Å². The molecule has 0 aliphatic heterocycles. The average Bonchev–Trinajstić information content (AvgIpc) is 2.81. The zero-order chi connectivity index (χ0) is 25.0. The molecule has 0 radical (unpaired) electrons. The van der Waals surface area contributed by atoms with Crippen LogP contribution in [0.4, 0.5) is 0 Å². The molecule has 0 heterocycles. The number of benzene rings is 3. The molecule has 0 saturated heterocycles. The van der Waals surface area contributed by atoms with Crippen LogP contribution in [0.3, 0.4) is 0 Å². The summed E-state index contributed by atoms with van der Waals surface area (Å²) in [6, 6.07) is 30.0. The van der Waals surface area contributed by atoms with Gasteiger partial charge in [0.15, 0.2) is 0 Å². The predicted octanol–water partition coefficient (Wildman–Crippen LogP) is 4.51. The summed E-state index contributed by atoms with van der Waals surface area (Å²) in [5.74, 6) is 0. The summed E-state index contributed by atoms with van der Waals surface area (Å²) < 4.78 is 14.0. The molecule has 0 aromatic heterocycles. The molecule has 0 spiro atoms. The normalized spacial score (nSPS) is 16.6. The van der Waals surface area contributed by atoms with Crippen LogP contribution in [-0.4, -0.2) is 54.2 Å². The molecular formula is C28H38O2S2Si2. The van der Waals surface area contributed by atoms with Gasteiger partial charge in [-0.15, -0.1) is 13.2 Å². The van der Waals surface area contributed by atoms with Crippen LogP contribution < -0.4 is 20.7 Å². The first-order chi connectivity index (χ1) is 16.0. The molecular weight excluding hydrogens is 489 g/mol. The van der Waals surface area contributed by atoms with Crippen molar-refractivity contribution in [2.24, 2.45) is 0 Å². The molecule has 6 heteroatoms. The highest BCUT2D eigenvalue weighted by Gasteiger charge is 2.43. The van der Waals surface area contributed by atoms with E-state index in [1.165, 1.54) is 20.7 Å². The minimum absolute atomic E-state index is 1.19. The van der Waals surface area contributed by atoms with Gasteiger partial charge >= 0.3 is 0 Å². The van der Waals surface area contributed by atoms with Crippen LogP contribution >= 0.6 is 20.6 Å². The highest BCUT2D eigenvalue weighted by Crippen LogP contribution is 2.41. The highest BCUT2D eigenvalue weighted by atomic mass is 32.3. The van der Waals surface area contributed by atoms with Crippen molar-refractivity contribution in [1.29, 1.82) is 0 Å². The van der Waals surface area contributed by atoms with E-state index in [1.54, 1.807) is 0 Å². The van der Waals surface area contributed by atoms with Gasteiger partial charge in [-0.05, 0) is 58.3 Å². The van der Waals surface area contributed by atoms with Gasteiger partial charge in [-0.2, -0.15) is 20.6 Å². The van der Waals surface area contributed by atoms with Crippen LogP contribution in [0.1, 0.15) is 0 Å². The number of rotatable bonds is 10. The Balaban J connectivity index is 2.30. The van der Waals surface area contributed by atoms with Gasteiger partial charge in [-0.25, -0.2) is 0 Å². The van der Waals surface area contributed by atoms with E-state index in [0.29, 0.717) is 0 Å². The van der Waals surface area contributed by atoms with Crippen LogP contribution in [0.2, 0.25) is 0 Å². The smallest absolute Gasteiger partial charge is 0.293 e. The molecule has 0 saturated carbocycles. The summed E-state index contributed by atoms with van der Waals surface area (Å²) in [6.45, 7) is 8.63. The summed E-state index contributed by atoms with van der Waals surface area (Å²) in [5, 5.41) is 4.79. The van der Waals surface area contributed by atoms with Crippen molar-refractivity contribution in [3.8, 4) is 0 Å². The maximum atomic E-state index is 7.01. The van der Waals surface area contributed by atoms with Gasteiger partial charge in [0.2, 0.25) is 0 Å². The van der Waals surface area contributed by atoms with Gasteiger partial charge in [0, 0.05) is 0 Å². The standard InChI is InChI=1S/C28H38O2S2Si2/c1-9-33(29-31(3,4)5,25-18-13-11-14-19-25)27-22-17-23-28(24-27)34(10-2,30-32(6,7)8)26-20-15-12-16-21-26/h9-24H,1-2H2,3-8H3. The second-order valence-electron chi connectivity index (χ2n) is 9.81. The van der Waals surface area contributed by atoms with Crippen molar-refractivity contribution in [3.05, 3.63) is 109 Å². The van der Waals surface area contributed by atoms with E-state index >= 15 is 0 Å². The van der Waals surface area contributed by atoms with E-state index in [0.717, 1.165) is 0 Å². The Bertz CT molecular complexity index is 1040. The van der Waals surface area contributed by atoms with Gasteiger partial charge < -0.3 is 7.74 Å². The summed E-state index contributed by atoms with van der Waals surface area (Å²) in [4.78, 5) is 0. The molecule has 3 rings (SSSR count). The maximum Gasteiger partial charge on any atom is 0.293 e. The van der Waals surface area contributed by atoms with Crippen LogP contribution in [0.25, 0.3) is 0 Å². The molecule has 0 aliphatic carbocycles. The summed E-state index contributed by atoms with van der Waals surface area (Å²) in [5.41, 5.74) is 4.16. The monoisotopic (exact) mass is 526 g/mol. The lowest BCUT2D eigenvalue weighted by atomic mass is 10.3. The van der Waals surface area contributed by atoms with E-state index < -0.39 is 37.3 Å². The molecule has 182 valence electrons. The van der Waals surface area contributed by atoms with Gasteiger partial charge in [-0.3, -0.25) is 0 Å². The molecule has 3 aromatic carbocycles. The van der Waals surface area contributed by atoms with Gasteiger partial charge in [-0.1, -0.05) is 96.3 Å². The van der Waals surface area contributed by atoms with Crippen molar-refractivity contribution in [2.45, 2.75) is 0 Å². The molecule has 0 bridgehead atoms. The molecule has 0 fully saturated rings. The first-order valence-electron chi connectivity index (χ1n) is 11.2. The minimum atomic E-state index is -2.70. The van der Waals surface area contributed by atoms with E-state index in [1.807, 2.05) is 0 Å². The first-order valence-corrected chi connectivity index (χ1v) is 20.8. The van der Waals surface area contributed by atoms with Crippen LogP contribution in [0.15, 0.2) is 109 Å². The molecule has 2 nitrogen and oxygen atoms in total. The fourth-order valence-electron chi connectivity index (χ4n) is 4.21. The largest absolute Gasteiger partial charge is 0.361 e. The molecule has 2 unspecified atom stereocenters. The molecule has 0 N–H and O–H groups in total. The number of hydrogen-bond donors (Lipinski definition) is 0. The fourth-order valence-corrected chi connectivity index (χ4v) is 17.2. The van der Waals surface area contributed by atoms with E-state index in [4.69, 9.17) is 7.74 Å². The molecule has 2 atom stereocenters. The Kier molecular flexibility index (Phi) is 8.23. The SMILES string of the molecule is C=C[Si](OS(C)(C)C)(c1ccccc1)c1cccc([Si](C=C)(OS(C)(C)C)c2ccccc2)c1. The Hall–Kier alpha value is -1.81. The van der Waals surface area contributed by atoms with Gasteiger partial charge in [0.05, 0.1) is 0 Å². The summed E-state index contributed by atoms with van der Waals surface area (Å²) in [6.07, 6.45) is 13.2. The molecule has 0 aliphatic rings. The third-order valence-electron chi connectivity index (χ3n) is 5.46. The third-order valence-corrected chi connectivity index (χ3v) is 17.4. The Labute approximate surface area is 212 Å². The molecule has 0 amide bonds. The zero-order valence-electron chi connectivity index (χ0n) is 21.3. The lowest BCUT2D eigenvalue weighted by molar-refractivity contribution is 0.655. The molecule has 3 aromatic rings. The van der Waals surface area contributed by atoms with Crippen molar-refractivity contribution in [2.75, 3.05) is 37.5 Å². The quantitative estimate of drug-likeness (QED) is 0.362. The summed E-state index contributed by atoms with van der Waals surface area (Å²) >= 11 is 0. The maximum absolute atomic E-state index is 7.01. The van der Waals surface area contributed by atoms with E-state index in [9.17, 15) is 0 Å². The zero-order valence-corrected chi connectivity index (χ0v) is 24.9. The van der Waals surface area contributed by atoms with E-state index in [-0.39, 0.29) is 0 Å². The highest BCUT2D eigenvalue weighted by molar-refractivity contribution is 8.29. The third kappa shape index (κ3) is 5.87. The number of hydrogen-bond acceptors (Lipinski definition) is 2. The van der Waals surface area contributed by atoms with Crippen molar-refractivity contribution in [3.63, 3.8) is 0 Å². The predicted molar refractivity (Wildman–Crippen MR) is 163 cm³/mol. The van der Waals surface area contributed by atoms with E-state index in [2.05, 4.69) is 147 Å². The topological polar surface area (TPSA) is 18.5 Å². The Morgan fingerprint density at radius 1 is 0.529 bits per heavy atom. The fraction of sp³-hybridized carbons (Fsp3) is 0.214. The second-order valence-corrected chi connectivity index (χ2v) is 24.1. The summed E-state index contributed by atoms with van der Waals surface area (Å²) in [7, 11) is -7.94. The lowest BCUT2D eigenvalue weighted by Crippen LogP contribution is -2.64. The Morgan fingerprint density at radius 3 is 1.15 bits per heavy atom. The van der Waals surface area contributed by atoms with Gasteiger partial charge in [0.25, 0.3) is 16.6 Å². The van der Waals surface area contributed by atoms with Crippen molar-refractivity contribution in [1.82, 2.24) is 0 Å². The van der Waals surface area contributed by atoms with Gasteiger partial charge in [0.1, 0.15) is 0 Å². The van der Waals surface area contributed by atoms with Crippen molar-refractivity contribution >= 4 is 58.0 Å². The van der Waals surface area contributed by atoms with Crippen molar-refractivity contribution < 1.29 is 7.74 Å². The lowest BCUT2D eigenvalue weighted by Gasteiger charge is -2.41. The Morgan fingerprint density at radius 2 is 0.853 bits per heavy atom. The average molecular weight is 527 g/mol. The minimum Gasteiger partial charge on any atom is -0.361 e. The second kappa shape index (κ2) is 10.4. The van der Waals surface area contributed by atoms with Crippen LogP contribution in [0.5, 0.6) is 0 Å². The molecule has 34 heavy (non-hydrogen) atoms. The first kappa shape index (κ1) is 26.8. The van der Waals surface area contributed by atoms with Crippen LogP contribution in [0, 0.1) is 0 Å².